The fraction of sp³-hybridized carbons (Fsp3) is 0.0417. The number of hydrogen-bond donors (Lipinski definition) is 0. The van der Waals surface area contributed by atoms with Gasteiger partial charge in [-0.2, -0.15) is 0 Å². The van der Waals surface area contributed by atoms with Crippen LogP contribution in [-0.2, 0) is 0 Å². The first-order chi connectivity index (χ1) is 15.1. The molecular formula is C24H16N2O4S. The van der Waals surface area contributed by atoms with Crippen LogP contribution in [-0.4, -0.2) is 22.5 Å². The van der Waals surface area contributed by atoms with E-state index < -0.39 is 5.97 Å². The third-order valence-electron chi connectivity index (χ3n) is 4.86. The molecule has 0 aliphatic heterocycles. The number of aromatic nitrogens is 2. The Bertz CT molecular complexity index is 1520. The number of thiazole rings is 1. The van der Waals surface area contributed by atoms with Gasteiger partial charge in [0, 0.05) is 0 Å². The smallest absolute Gasteiger partial charge is 0.343 e. The van der Waals surface area contributed by atoms with Crippen LogP contribution in [0.15, 0.2) is 77.6 Å². The summed E-state index contributed by atoms with van der Waals surface area (Å²) in [6.45, 7) is 0. The minimum absolute atomic E-state index is 0.0938. The molecule has 5 aromatic rings. The molecule has 0 unspecified atom stereocenters. The first-order valence-corrected chi connectivity index (χ1v) is 10.3. The first-order valence-electron chi connectivity index (χ1n) is 9.50. The van der Waals surface area contributed by atoms with E-state index in [1.165, 1.54) is 11.3 Å². The van der Waals surface area contributed by atoms with Gasteiger partial charge in [0.05, 0.1) is 28.2 Å². The largest absolute Gasteiger partial charge is 0.497 e. The molecule has 0 aliphatic rings. The number of fused-ring (bicyclic) bond motifs is 3. The fourth-order valence-corrected chi connectivity index (χ4v) is 4.28. The highest BCUT2D eigenvalue weighted by Crippen LogP contribution is 2.18. The van der Waals surface area contributed by atoms with Crippen LogP contribution in [0.5, 0.6) is 11.5 Å². The standard InChI is InChI=1S/C24H16N2O4S/c1-29-17-12-8-16(9-13-17)23(28)30-18-10-6-15(7-11-18)14-21-22(27)26-20-5-3-2-4-19(20)25-24(26)31-21/h2-14H,1H3/b21-14-. The van der Waals surface area contributed by atoms with E-state index in [9.17, 15) is 9.59 Å². The van der Waals surface area contributed by atoms with Crippen LogP contribution in [0.3, 0.4) is 0 Å². The first kappa shape index (κ1) is 19.0. The lowest BCUT2D eigenvalue weighted by Gasteiger charge is -2.05. The van der Waals surface area contributed by atoms with E-state index in [1.54, 1.807) is 60.0 Å². The SMILES string of the molecule is COc1ccc(C(=O)Oc2ccc(/C=c3\sc4nc5ccccc5n4c3=O)cc2)cc1. The number of carbonyl (C=O) groups is 1. The molecule has 31 heavy (non-hydrogen) atoms. The summed E-state index contributed by atoms with van der Waals surface area (Å²) in [5.41, 5.74) is 2.78. The van der Waals surface area contributed by atoms with Crippen molar-refractivity contribution in [3.05, 3.63) is 98.8 Å². The van der Waals surface area contributed by atoms with Gasteiger partial charge in [-0.1, -0.05) is 35.6 Å². The molecule has 5 rings (SSSR count). The number of nitrogens with zero attached hydrogens (tertiary/aromatic N) is 2. The van der Waals surface area contributed by atoms with Crippen molar-refractivity contribution in [3.63, 3.8) is 0 Å². The maximum atomic E-state index is 12.8. The molecule has 2 aromatic heterocycles. The van der Waals surface area contributed by atoms with Gasteiger partial charge in [-0.3, -0.25) is 4.79 Å². The molecule has 7 heteroatoms. The topological polar surface area (TPSA) is 69.9 Å². The molecule has 0 amide bonds. The maximum absolute atomic E-state index is 12.8. The lowest BCUT2D eigenvalue weighted by Crippen LogP contribution is -2.22. The van der Waals surface area contributed by atoms with Crippen LogP contribution < -0.4 is 19.6 Å². The number of benzene rings is 3. The van der Waals surface area contributed by atoms with Gasteiger partial charge in [0.15, 0.2) is 4.96 Å². The average molecular weight is 428 g/mol. The van der Waals surface area contributed by atoms with Crippen LogP contribution in [0.2, 0.25) is 0 Å². The molecule has 6 nitrogen and oxygen atoms in total. The lowest BCUT2D eigenvalue weighted by atomic mass is 10.2. The summed E-state index contributed by atoms with van der Waals surface area (Å²) >= 11 is 1.35. The van der Waals surface area contributed by atoms with Gasteiger partial charge in [-0.15, -0.1) is 0 Å². The Morgan fingerprint density at radius 3 is 2.42 bits per heavy atom. The Hall–Kier alpha value is -3.97. The van der Waals surface area contributed by atoms with Crippen molar-refractivity contribution < 1.29 is 14.3 Å². The normalized spacial score (nSPS) is 11.8. The zero-order valence-electron chi connectivity index (χ0n) is 16.4. The van der Waals surface area contributed by atoms with E-state index in [1.807, 2.05) is 30.3 Å². The van der Waals surface area contributed by atoms with E-state index in [0.717, 1.165) is 16.6 Å². The van der Waals surface area contributed by atoms with E-state index >= 15 is 0 Å². The van der Waals surface area contributed by atoms with Crippen molar-refractivity contribution >= 4 is 39.4 Å². The van der Waals surface area contributed by atoms with E-state index in [2.05, 4.69) is 4.98 Å². The summed E-state index contributed by atoms with van der Waals surface area (Å²) in [5, 5.41) is 0. The molecule has 0 saturated heterocycles. The molecule has 0 spiro atoms. The van der Waals surface area contributed by atoms with Gasteiger partial charge in [-0.05, 0) is 60.2 Å². The summed E-state index contributed by atoms with van der Waals surface area (Å²) < 4.78 is 12.7. The number of rotatable bonds is 4. The van der Waals surface area contributed by atoms with Gasteiger partial charge in [0.1, 0.15) is 11.5 Å². The van der Waals surface area contributed by atoms with Gasteiger partial charge < -0.3 is 9.47 Å². The lowest BCUT2D eigenvalue weighted by molar-refractivity contribution is 0.0734. The maximum Gasteiger partial charge on any atom is 0.343 e. The highest BCUT2D eigenvalue weighted by molar-refractivity contribution is 7.15. The summed E-state index contributed by atoms with van der Waals surface area (Å²) in [7, 11) is 1.57. The van der Waals surface area contributed by atoms with Crippen LogP contribution in [0.1, 0.15) is 15.9 Å². The number of para-hydroxylation sites is 2. The van der Waals surface area contributed by atoms with E-state index in [4.69, 9.17) is 9.47 Å². The molecule has 0 N–H and O–H groups in total. The molecule has 2 heterocycles. The van der Waals surface area contributed by atoms with Crippen molar-refractivity contribution in [2.45, 2.75) is 0 Å². The van der Waals surface area contributed by atoms with E-state index in [0.29, 0.717) is 26.6 Å². The van der Waals surface area contributed by atoms with Gasteiger partial charge >= 0.3 is 5.97 Å². The highest BCUT2D eigenvalue weighted by atomic mass is 32.1. The monoisotopic (exact) mass is 428 g/mol. The Balaban J connectivity index is 1.39. The average Bonchev–Trinajstić information content (AvgIpc) is 3.31. The van der Waals surface area contributed by atoms with Crippen molar-refractivity contribution in [1.82, 2.24) is 9.38 Å². The van der Waals surface area contributed by atoms with Crippen molar-refractivity contribution in [2.24, 2.45) is 0 Å². The third kappa shape index (κ3) is 3.55. The summed E-state index contributed by atoms with van der Waals surface area (Å²) in [6.07, 6.45) is 1.81. The van der Waals surface area contributed by atoms with Gasteiger partial charge in [-0.25, -0.2) is 14.2 Å². The molecule has 0 saturated carbocycles. The van der Waals surface area contributed by atoms with Crippen LogP contribution >= 0.6 is 11.3 Å². The number of esters is 1. The molecule has 0 bridgehead atoms. The van der Waals surface area contributed by atoms with Gasteiger partial charge in [0.25, 0.3) is 5.56 Å². The molecule has 0 atom stereocenters. The second kappa shape index (κ2) is 7.70. The minimum Gasteiger partial charge on any atom is -0.497 e. The molecule has 0 radical (unpaired) electrons. The van der Waals surface area contributed by atoms with Crippen molar-refractivity contribution in [3.8, 4) is 11.5 Å². The van der Waals surface area contributed by atoms with E-state index in [-0.39, 0.29) is 5.56 Å². The molecule has 3 aromatic carbocycles. The third-order valence-corrected chi connectivity index (χ3v) is 5.83. The Labute approximate surface area is 180 Å². The van der Waals surface area contributed by atoms with Crippen LogP contribution in [0, 0.1) is 0 Å². The number of hydrogen-bond acceptors (Lipinski definition) is 6. The molecule has 0 fully saturated rings. The van der Waals surface area contributed by atoms with Crippen molar-refractivity contribution in [1.29, 1.82) is 0 Å². The fourth-order valence-electron chi connectivity index (χ4n) is 3.29. The Kier molecular flexibility index (Phi) is 4.72. The molecule has 152 valence electrons. The summed E-state index contributed by atoms with van der Waals surface area (Å²) in [4.78, 5) is 30.3. The number of methoxy groups -OCH3 is 1. The molecular weight excluding hydrogens is 412 g/mol. The minimum atomic E-state index is -0.451. The number of imidazole rings is 1. The van der Waals surface area contributed by atoms with Crippen LogP contribution in [0.25, 0.3) is 22.1 Å². The number of carbonyl (C=O) groups excluding carboxylic acids is 1. The zero-order chi connectivity index (χ0) is 21.4. The number of ether oxygens (including phenoxy) is 2. The zero-order valence-corrected chi connectivity index (χ0v) is 17.3. The predicted molar refractivity (Wildman–Crippen MR) is 120 cm³/mol. The van der Waals surface area contributed by atoms with Crippen molar-refractivity contribution in [2.75, 3.05) is 7.11 Å². The van der Waals surface area contributed by atoms with Gasteiger partial charge in [0.2, 0.25) is 0 Å². The highest BCUT2D eigenvalue weighted by Gasteiger charge is 2.11. The second-order valence-electron chi connectivity index (χ2n) is 6.82. The van der Waals surface area contributed by atoms with Crippen LogP contribution in [0.4, 0.5) is 0 Å². The quantitative estimate of drug-likeness (QED) is 0.323. The Morgan fingerprint density at radius 2 is 1.68 bits per heavy atom. The second-order valence-corrected chi connectivity index (χ2v) is 7.83. The summed E-state index contributed by atoms with van der Waals surface area (Å²) in [6, 6.07) is 21.3. The molecule has 0 aliphatic carbocycles. The Morgan fingerprint density at radius 1 is 0.968 bits per heavy atom. The summed E-state index contributed by atoms with van der Waals surface area (Å²) in [5.74, 6) is 0.642. The predicted octanol–water partition coefficient (Wildman–Crippen LogP) is 3.68.